The smallest absolute Gasteiger partial charge is 0.446 e. The summed E-state index contributed by atoms with van der Waals surface area (Å²) in [6, 6.07) is 9.45. The molecule has 2 aromatic heterocycles. The van der Waals surface area contributed by atoms with Gasteiger partial charge in [-0.25, -0.2) is 4.98 Å². The number of carbonyl (C=O) groups is 2. The number of nitrogens with zero attached hydrogens (tertiary/aromatic N) is 3. The van der Waals surface area contributed by atoms with Crippen LogP contribution in [-0.2, 0) is 4.79 Å². The van der Waals surface area contributed by atoms with Crippen molar-refractivity contribution in [3.05, 3.63) is 54.0 Å². The van der Waals surface area contributed by atoms with Gasteiger partial charge >= 0.3 is 6.18 Å². The highest BCUT2D eigenvalue weighted by molar-refractivity contribution is 5.92. The highest BCUT2D eigenvalue weighted by Crippen LogP contribution is 2.31. The van der Waals surface area contributed by atoms with Crippen LogP contribution in [0.3, 0.4) is 0 Å². The normalized spacial score (nSPS) is 18.9. The molecule has 166 valence electrons. The van der Waals surface area contributed by atoms with Gasteiger partial charge in [-0.05, 0) is 37.6 Å². The van der Waals surface area contributed by atoms with Crippen molar-refractivity contribution in [2.24, 2.45) is 0 Å². The molecular formula is C21H23F3N4O3. The average Bonchev–Trinajstić information content (AvgIpc) is 2.77. The Hall–Kier alpha value is -3.01. The molecule has 2 aliphatic rings. The number of ether oxygens (including phenoxy) is 1. The average molecular weight is 436 g/mol. The molecule has 0 bridgehead atoms. The molecule has 4 rings (SSSR count). The van der Waals surface area contributed by atoms with Gasteiger partial charge in [-0.1, -0.05) is 12.1 Å². The van der Waals surface area contributed by atoms with E-state index in [0.29, 0.717) is 30.6 Å². The van der Waals surface area contributed by atoms with Gasteiger partial charge in [0.05, 0.1) is 13.1 Å². The second-order valence-corrected chi connectivity index (χ2v) is 7.27. The summed E-state index contributed by atoms with van der Waals surface area (Å²) in [4.78, 5) is 31.3. The van der Waals surface area contributed by atoms with Gasteiger partial charge < -0.3 is 15.0 Å². The molecule has 0 aromatic carbocycles. The van der Waals surface area contributed by atoms with E-state index in [4.69, 9.17) is 9.53 Å². The van der Waals surface area contributed by atoms with E-state index in [1.807, 2.05) is 18.2 Å². The molecule has 2 aliphatic heterocycles. The van der Waals surface area contributed by atoms with E-state index in [-0.39, 0.29) is 12.0 Å². The predicted octanol–water partition coefficient (Wildman–Crippen LogP) is 2.59. The van der Waals surface area contributed by atoms with Crippen LogP contribution < -0.4 is 10.1 Å². The van der Waals surface area contributed by atoms with Crippen LogP contribution in [0.1, 0.15) is 34.8 Å². The largest absolute Gasteiger partial charge is 0.470 e. The highest BCUT2D eigenvalue weighted by Gasteiger charge is 2.34. The van der Waals surface area contributed by atoms with Crippen molar-refractivity contribution in [1.82, 2.24) is 20.2 Å². The molecular weight excluding hydrogens is 413 g/mol. The van der Waals surface area contributed by atoms with E-state index >= 15 is 0 Å². The van der Waals surface area contributed by atoms with Crippen molar-refractivity contribution in [3.63, 3.8) is 0 Å². The van der Waals surface area contributed by atoms with Crippen LogP contribution in [0.15, 0.2) is 42.7 Å². The van der Waals surface area contributed by atoms with E-state index in [1.54, 1.807) is 23.4 Å². The predicted molar refractivity (Wildman–Crippen MR) is 106 cm³/mol. The maximum Gasteiger partial charge on any atom is 0.446 e. The number of aldehydes is 1. The fourth-order valence-corrected chi connectivity index (χ4v) is 3.42. The number of alkyl halides is 3. The third-order valence-electron chi connectivity index (χ3n) is 4.97. The molecule has 4 heterocycles. The van der Waals surface area contributed by atoms with Crippen molar-refractivity contribution in [2.75, 3.05) is 26.2 Å². The number of pyridine rings is 2. The summed E-state index contributed by atoms with van der Waals surface area (Å²) < 4.78 is 37.3. The van der Waals surface area contributed by atoms with Gasteiger partial charge in [0.15, 0.2) is 0 Å². The second-order valence-electron chi connectivity index (χ2n) is 7.27. The van der Waals surface area contributed by atoms with Crippen LogP contribution in [0.2, 0.25) is 0 Å². The molecule has 0 radical (unpaired) electrons. The minimum atomic E-state index is -4.64. The third kappa shape index (κ3) is 6.48. The number of amides is 1. The zero-order chi connectivity index (χ0) is 22.3. The quantitative estimate of drug-likeness (QED) is 0.742. The lowest BCUT2D eigenvalue weighted by Gasteiger charge is -2.39. The lowest BCUT2D eigenvalue weighted by Crippen LogP contribution is -2.56. The van der Waals surface area contributed by atoms with Gasteiger partial charge in [0.1, 0.15) is 11.8 Å². The standard InChI is InChI=1S/C19H22N4O2.C2HF3O/c24-19(17-7-1-2-9-21-17)23-12-15(13-23)25-18-16(6-4-10-22-18)14-5-3-8-20-11-14;3-2(4,5)1-6/h1-2,4,6-7,9-10,14-15,20H,3,5,8,11-13H2;1H. The Balaban J connectivity index is 0.000000401. The number of halogens is 3. The van der Waals surface area contributed by atoms with E-state index in [0.717, 1.165) is 19.5 Å². The first kappa shape index (κ1) is 22.7. The fraction of sp³-hybridized carbons (Fsp3) is 0.429. The summed E-state index contributed by atoms with van der Waals surface area (Å²) in [7, 11) is 0. The zero-order valence-corrected chi connectivity index (χ0v) is 16.7. The van der Waals surface area contributed by atoms with Gasteiger partial charge in [-0.2, -0.15) is 13.2 Å². The third-order valence-corrected chi connectivity index (χ3v) is 4.97. The first-order valence-corrected chi connectivity index (χ1v) is 9.93. The lowest BCUT2D eigenvalue weighted by molar-refractivity contribution is -0.156. The second kappa shape index (κ2) is 10.3. The summed E-state index contributed by atoms with van der Waals surface area (Å²) in [5, 5.41) is 3.44. The van der Waals surface area contributed by atoms with Crippen molar-refractivity contribution in [2.45, 2.75) is 31.0 Å². The zero-order valence-electron chi connectivity index (χ0n) is 16.7. The Morgan fingerprint density at radius 1 is 1.16 bits per heavy atom. The number of rotatable bonds is 4. The summed E-state index contributed by atoms with van der Waals surface area (Å²) in [6.07, 6.45) is 0.0355. The summed E-state index contributed by atoms with van der Waals surface area (Å²) in [6.45, 7) is 3.21. The Kier molecular flexibility index (Phi) is 7.56. The summed E-state index contributed by atoms with van der Waals surface area (Å²) in [5.41, 5.74) is 1.65. The molecule has 1 unspecified atom stereocenters. The molecule has 2 fully saturated rings. The minimum absolute atomic E-state index is 0.00198. The molecule has 31 heavy (non-hydrogen) atoms. The van der Waals surface area contributed by atoms with Gasteiger partial charge in [0.2, 0.25) is 12.2 Å². The van der Waals surface area contributed by atoms with E-state index in [9.17, 15) is 18.0 Å². The number of carbonyl (C=O) groups excluding carboxylic acids is 2. The van der Waals surface area contributed by atoms with Crippen LogP contribution >= 0.6 is 0 Å². The van der Waals surface area contributed by atoms with Crippen LogP contribution in [-0.4, -0.2) is 65.5 Å². The number of nitrogens with one attached hydrogen (secondary N) is 1. The van der Waals surface area contributed by atoms with Gasteiger partial charge in [0, 0.05) is 30.4 Å². The summed E-state index contributed by atoms with van der Waals surface area (Å²) >= 11 is 0. The SMILES string of the molecule is O=C(c1ccccn1)N1CC(Oc2ncccc2C2CCCNC2)C1.O=CC(F)(F)F. The van der Waals surface area contributed by atoms with Gasteiger partial charge in [-0.3, -0.25) is 14.6 Å². The molecule has 1 atom stereocenters. The lowest BCUT2D eigenvalue weighted by atomic mass is 9.92. The van der Waals surface area contributed by atoms with E-state index < -0.39 is 12.5 Å². The van der Waals surface area contributed by atoms with Crippen molar-refractivity contribution in [1.29, 1.82) is 0 Å². The molecule has 0 saturated carbocycles. The Morgan fingerprint density at radius 2 is 1.90 bits per heavy atom. The highest BCUT2D eigenvalue weighted by atomic mass is 19.4. The minimum Gasteiger partial charge on any atom is -0.470 e. The van der Waals surface area contributed by atoms with E-state index in [1.165, 1.54) is 12.0 Å². The molecule has 2 saturated heterocycles. The van der Waals surface area contributed by atoms with Crippen LogP contribution in [0.25, 0.3) is 0 Å². The van der Waals surface area contributed by atoms with Crippen molar-refractivity contribution in [3.8, 4) is 5.88 Å². The molecule has 0 aliphatic carbocycles. The Bertz CT molecular complexity index is 868. The molecule has 0 spiro atoms. The summed E-state index contributed by atoms with van der Waals surface area (Å²) in [5.74, 6) is 1.12. The maximum atomic E-state index is 12.3. The number of hydrogen-bond donors (Lipinski definition) is 1. The van der Waals surface area contributed by atoms with Crippen molar-refractivity contribution < 1.29 is 27.5 Å². The molecule has 10 heteroatoms. The van der Waals surface area contributed by atoms with Gasteiger partial charge in [0.25, 0.3) is 5.91 Å². The Labute approximate surface area is 177 Å². The fourth-order valence-electron chi connectivity index (χ4n) is 3.42. The van der Waals surface area contributed by atoms with Crippen LogP contribution in [0.4, 0.5) is 13.2 Å². The Morgan fingerprint density at radius 3 is 2.52 bits per heavy atom. The van der Waals surface area contributed by atoms with Crippen molar-refractivity contribution >= 4 is 12.2 Å². The first-order valence-electron chi connectivity index (χ1n) is 9.93. The molecule has 2 aromatic rings. The van der Waals surface area contributed by atoms with Crippen LogP contribution in [0, 0.1) is 0 Å². The first-order chi connectivity index (χ1) is 14.9. The molecule has 1 N–H and O–H groups in total. The number of hydrogen-bond acceptors (Lipinski definition) is 6. The monoisotopic (exact) mass is 436 g/mol. The molecule has 1 amide bonds. The van der Waals surface area contributed by atoms with E-state index in [2.05, 4.69) is 21.4 Å². The number of likely N-dealkylation sites (tertiary alicyclic amines) is 1. The topological polar surface area (TPSA) is 84.4 Å². The van der Waals surface area contributed by atoms with Gasteiger partial charge in [-0.15, -0.1) is 0 Å². The number of piperidine rings is 1. The maximum absolute atomic E-state index is 12.3. The molecule has 7 nitrogen and oxygen atoms in total. The van der Waals surface area contributed by atoms with Crippen LogP contribution in [0.5, 0.6) is 5.88 Å². The number of aromatic nitrogens is 2.